The molecule has 192 valence electrons. The van der Waals surface area contributed by atoms with Gasteiger partial charge in [0.1, 0.15) is 11.5 Å². The van der Waals surface area contributed by atoms with Gasteiger partial charge < -0.3 is 20.1 Å². The Morgan fingerprint density at radius 1 is 0.605 bits per heavy atom. The zero-order chi connectivity index (χ0) is 26.9. The molecule has 0 aliphatic rings. The first-order valence-electron chi connectivity index (χ1n) is 11.3. The van der Waals surface area contributed by atoms with Crippen LogP contribution in [0.4, 0.5) is 38.9 Å². The Hall–Kier alpha value is -4.35. The minimum atomic E-state index is -0.485. The highest BCUT2D eigenvalue weighted by Gasteiger charge is 2.12. The highest BCUT2D eigenvalue weighted by molar-refractivity contribution is 7.80. The Labute approximate surface area is 230 Å². The van der Waals surface area contributed by atoms with Crippen molar-refractivity contribution in [3.05, 3.63) is 84.9 Å². The molecule has 0 heterocycles. The molecule has 0 aliphatic carbocycles. The lowest BCUT2D eigenvalue weighted by Crippen LogP contribution is -2.20. The lowest BCUT2D eigenvalue weighted by Gasteiger charge is -2.13. The molecule has 9 nitrogen and oxygen atoms in total. The maximum absolute atomic E-state index is 12.7. The van der Waals surface area contributed by atoms with Crippen LogP contribution in [-0.2, 0) is 0 Å². The molecule has 11 heteroatoms. The van der Waals surface area contributed by atoms with Crippen LogP contribution in [0.3, 0.4) is 0 Å². The van der Waals surface area contributed by atoms with E-state index in [0.29, 0.717) is 45.6 Å². The largest absolute Gasteiger partial charge is 0.494 e. The van der Waals surface area contributed by atoms with Crippen molar-refractivity contribution >= 4 is 65.4 Å². The third-order valence-corrected chi connectivity index (χ3v) is 5.64. The summed E-state index contributed by atoms with van der Waals surface area (Å²) in [6.45, 7) is 0. The number of carbonyl (C=O) groups excluding carboxylic acids is 1. The second-order valence-electron chi connectivity index (χ2n) is 7.79. The molecule has 0 aromatic heterocycles. The topological polar surface area (TPSA) is 109 Å². The van der Waals surface area contributed by atoms with E-state index in [1.165, 1.54) is 14.2 Å². The van der Waals surface area contributed by atoms with E-state index in [1.54, 1.807) is 48.5 Å². The number of azo groups is 2. The minimum absolute atomic E-state index is 0.424. The first-order valence-corrected chi connectivity index (χ1v) is 12.2. The number of anilines is 2. The summed E-state index contributed by atoms with van der Waals surface area (Å²) in [5, 5.41) is 22.4. The minimum Gasteiger partial charge on any atom is -0.494 e. The third kappa shape index (κ3) is 7.34. The predicted molar refractivity (Wildman–Crippen MR) is 154 cm³/mol. The lowest BCUT2D eigenvalue weighted by molar-refractivity contribution is 0.262. The van der Waals surface area contributed by atoms with Gasteiger partial charge in [-0.2, -0.15) is 20.5 Å². The molecule has 0 unspecified atom stereocenters. The van der Waals surface area contributed by atoms with Gasteiger partial charge in [0.15, 0.2) is 0 Å². The number of amides is 2. The summed E-state index contributed by atoms with van der Waals surface area (Å²) in [5.74, 6) is 0.847. The van der Waals surface area contributed by atoms with Gasteiger partial charge in [0.05, 0.1) is 48.3 Å². The number of hydrogen-bond donors (Lipinski definition) is 4. The predicted octanol–water partition coefficient (Wildman–Crippen LogP) is 8.76. The van der Waals surface area contributed by atoms with E-state index in [0.717, 1.165) is 9.79 Å². The van der Waals surface area contributed by atoms with Gasteiger partial charge in [0.25, 0.3) is 0 Å². The SMILES string of the molecule is COc1cc(/N=N/c2cccc(S)c2)ccc1NC(=O)Nc1ccc(/N=N/c2cccc(S)c2)cc1OC. The van der Waals surface area contributed by atoms with Gasteiger partial charge in [-0.25, -0.2) is 4.79 Å². The van der Waals surface area contributed by atoms with Crippen LogP contribution in [-0.4, -0.2) is 20.3 Å². The summed E-state index contributed by atoms with van der Waals surface area (Å²) >= 11 is 8.61. The number of rotatable bonds is 8. The van der Waals surface area contributed by atoms with E-state index in [2.05, 4.69) is 56.3 Å². The molecule has 0 atom stereocenters. The lowest BCUT2D eigenvalue weighted by atomic mass is 10.2. The number of urea groups is 1. The summed E-state index contributed by atoms with van der Waals surface area (Å²) in [7, 11) is 3.01. The fraction of sp³-hybridized carbons (Fsp3) is 0.0741. The van der Waals surface area contributed by atoms with Gasteiger partial charge in [0.2, 0.25) is 0 Å². The van der Waals surface area contributed by atoms with Crippen molar-refractivity contribution in [1.29, 1.82) is 0 Å². The first kappa shape index (κ1) is 26.7. The quantitative estimate of drug-likeness (QED) is 0.131. The summed E-state index contributed by atoms with van der Waals surface area (Å²) < 4.78 is 10.9. The molecule has 4 rings (SSSR count). The van der Waals surface area contributed by atoms with Gasteiger partial charge in [-0.1, -0.05) is 12.1 Å². The molecule has 4 aromatic carbocycles. The Bertz CT molecular complexity index is 1400. The van der Waals surface area contributed by atoms with Crippen LogP contribution in [0.2, 0.25) is 0 Å². The van der Waals surface area contributed by atoms with Gasteiger partial charge in [-0.15, -0.1) is 25.3 Å². The zero-order valence-electron chi connectivity index (χ0n) is 20.5. The van der Waals surface area contributed by atoms with E-state index < -0.39 is 6.03 Å². The second kappa shape index (κ2) is 12.7. The van der Waals surface area contributed by atoms with Crippen LogP contribution in [0.15, 0.2) is 115 Å². The maximum atomic E-state index is 12.7. The van der Waals surface area contributed by atoms with E-state index in [9.17, 15) is 4.79 Å². The molecule has 0 saturated heterocycles. The van der Waals surface area contributed by atoms with Crippen molar-refractivity contribution in [2.24, 2.45) is 20.5 Å². The Balaban J connectivity index is 1.43. The number of nitrogens with zero attached hydrogens (tertiary/aromatic N) is 4. The summed E-state index contributed by atoms with van der Waals surface area (Å²) in [4.78, 5) is 14.3. The number of methoxy groups -OCH3 is 2. The van der Waals surface area contributed by atoms with Crippen LogP contribution >= 0.6 is 25.3 Å². The zero-order valence-corrected chi connectivity index (χ0v) is 22.3. The average Bonchev–Trinajstić information content (AvgIpc) is 2.92. The second-order valence-corrected chi connectivity index (χ2v) is 8.82. The Kier molecular flexibility index (Phi) is 8.96. The van der Waals surface area contributed by atoms with Gasteiger partial charge in [-0.05, 0) is 60.7 Å². The molecule has 2 amide bonds. The Morgan fingerprint density at radius 2 is 1.00 bits per heavy atom. The van der Waals surface area contributed by atoms with E-state index >= 15 is 0 Å². The number of hydrogen-bond acceptors (Lipinski definition) is 9. The normalized spacial score (nSPS) is 11.1. The fourth-order valence-electron chi connectivity index (χ4n) is 3.31. The average molecular weight is 545 g/mol. The van der Waals surface area contributed by atoms with Crippen LogP contribution in [0, 0.1) is 0 Å². The van der Waals surface area contributed by atoms with Gasteiger partial charge in [0, 0.05) is 21.9 Å². The van der Waals surface area contributed by atoms with Crippen LogP contribution in [0.25, 0.3) is 0 Å². The molecule has 0 bridgehead atoms. The number of benzene rings is 4. The molecule has 4 aromatic rings. The standard InChI is InChI=1S/C27H24N6O3S2/c1-35-25-15-19(32-30-17-5-3-7-21(37)13-17)9-11-23(25)28-27(34)29-24-12-10-20(16-26(24)36-2)33-31-18-6-4-8-22(38)14-18/h3-16,37-38H,1-2H3,(H2,28,29,34)/b32-30+,33-31+. The van der Waals surface area contributed by atoms with Crippen molar-refractivity contribution in [1.82, 2.24) is 0 Å². The van der Waals surface area contributed by atoms with E-state index in [-0.39, 0.29) is 0 Å². The molecule has 0 spiro atoms. The number of ether oxygens (including phenoxy) is 2. The molecule has 0 fully saturated rings. The van der Waals surface area contributed by atoms with Crippen molar-refractivity contribution < 1.29 is 14.3 Å². The van der Waals surface area contributed by atoms with Crippen molar-refractivity contribution in [3.63, 3.8) is 0 Å². The van der Waals surface area contributed by atoms with E-state index in [1.807, 2.05) is 36.4 Å². The molecular formula is C27H24N6O3S2. The summed E-state index contributed by atoms with van der Waals surface area (Å²) in [5.41, 5.74) is 3.38. The molecule has 0 aliphatic heterocycles. The monoisotopic (exact) mass is 544 g/mol. The van der Waals surface area contributed by atoms with E-state index in [4.69, 9.17) is 9.47 Å². The van der Waals surface area contributed by atoms with Crippen LogP contribution < -0.4 is 20.1 Å². The molecular weight excluding hydrogens is 520 g/mol. The van der Waals surface area contributed by atoms with Crippen molar-refractivity contribution in [2.45, 2.75) is 9.79 Å². The van der Waals surface area contributed by atoms with Gasteiger partial charge >= 0.3 is 6.03 Å². The van der Waals surface area contributed by atoms with Gasteiger partial charge in [-0.3, -0.25) is 0 Å². The number of carbonyl (C=O) groups is 1. The van der Waals surface area contributed by atoms with Crippen molar-refractivity contribution in [3.8, 4) is 11.5 Å². The molecule has 38 heavy (non-hydrogen) atoms. The summed E-state index contributed by atoms with van der Waals surface area (Å²) in [6.07, 6.45) is 0. The number of thiol groups is 2. The highest BCUT2D eigenvalue weighted by atomic mass is 32.1. The molecule has 0 radical (unpaired) electrons. The fourth-order valence-corrected chi connectivity index (χ4v) is 3.74. The Morgan fingerprint density at radius 3 is 1.37 bits per heavy atom. The molecule has 0 saturated carbocycles. The highest BCUT2D eigenvalue weighted by Crippen LogP contribution is 2.33. The van der Waals surface area contributed by atoms with Crippen molar-refractivity contribution in [2.75, 3.05) is 24.9 Å². The van der Waals surface area contributed by atoms with Crippen LogP contribution in [0.5, 0.6) is 11.5 Å². The molecule has 2 N–H and O–H groups in total. The summed E-state index contributed by atoms with van der Waals surface area (Å²) in [6, 6.07) is 24.3. The maximum Gasteiger partial charge on any atom is 0.323 e. The number of nitrogens with one attached hydrogen (secondary N) is 2. The third-order valence-electron chi connectivity index (χ3n) is 5.09. The first-order chi connectivity index (χ1) is 18.4. The van der Waals surface area contributed by atoms with Crippen LogP contribution in [0.1, 0.15) is 0 Å². The smallest absolute Gasteiger partial charge is 0.323 e.